The number of sulfone groups is 1. The van der Waals surface area contributed by atoms with Gasteiger partial charge in [0.05, 0.1) is 5.75 Å². The minimum absolute atomic E-state index is 0.148. The normalized spacial score (nSPS) is 12.0. The minimum Gasteiger partial charge on any atom is -0.352 e. The third kappa shape index (κ3) is 6.11. The van der Waals surface area contributed by atoms with Crippen molar-refractivity contribution in [1.29, 1.82) is 0 Å². The molecule has 10 heteroatoms. The molecule has 1 heterocycles. The second-order valence-electron chi connectivity index (χ2n) is 6.80. The third-order valence-corrected chi connectivity index (χ3v) is 5.17. The molecule has 158 valence electrons. The van der Waals surface area contributed by atoms with Crippen LogP contribution in [0.3, 0.4) is 0 Å². The van der Waals surface area contributed by atoms with E-state index in [2.05, 4.69) is 30.8 Å². The number of H-pyrrole nitrogens is 1. The van der Waals surface area contributed by atoms with Crippen LogP contribution in [0.2, 0.25) is 0 Å². The average molecular weight is 431 g/mol. The summed E-state index contributed by atoms with van der Waals surface area (Å²) in [5.41, 5.74) is 3.05. The van der Waals surface area contributed by atoms with Gasteiger partial charge >= 0.3 is 0 Å². The van der Waals surface area contributed by atoms with Crippen molar-refractivity contribution in [2.45, 2.75) is 18.8 Å². The van der Waals surface area contributed by atoms with Crippen molar-refractivity contribution >= 4 is 15.8 Å². The van der Waals surface area contributed by atoms with Crippen molar-refractivity contribution in [2.75, 3.05) is 13.3 Å². The average Bonchev–Trinajstić information content (AvgIpc) is 3.24. The van der Waals surface area contributed by atoms with Gasteiger partial charge in [-0.15, -0.1) is 0 Å². The fraction of sp³-hybridized carbons (Fsp3) is 0.250. The van der Waals surface area contributed by atoms with Crippen LogP contribution in [0.1, 0.15) is 16.7 Å². The molecule has 0 radical (unpaired) electrons. The van der Waals surface area contributed by atoms with Crippen LogP contribution in [-0.4, -0.2) is 42.9 Å². The molecule has 0 atom stereocenters. The van der Waals surface area contributed by atoms with E-state index in [1.807, 2.05) is 24.3 Å². The lowest BCUT2D eigenvalue weighted by Crippen LogP contribution is -2.36. The van der Waals surface area contributed by atoms with Crippen LogP contribution in [-0.2, 0) is 28.7 Å². The predicted octanol–water partition coefficient (Wildman–Crippen LogP) is 2.02. The highest BCUT2D eigenvalue weighted by Crippen LogP contribution is 2.16. The third-order valence-electron chi connectivity index (χ3n) is 4.33. The molecule has 8 nitrogen and oxygen atoms in total. The van der Waals surface area contributed by atoms with Crippen LogP contribution in [0.15, 0.2) is 53.8 Å². The number of nitrogens with one attached hydrogen (secondary N) is 3. The first kappa shape index (κ1) is 21.4. The van der Waals surface area contributed by atoms with Gasteiger partial charge in [-0.25, -0.2) is 17.8 Å². The van der Waals surface area contributed by atoms with Gasteiger partial charge in [-0.05, 0) is 34.9 Å². The van der Waals surface area contributed by atoms with Crippen molar-refractivity contribution < 1.29 is 12.8 Å². The van der Waals surface area contributed by atoms with Gasteiger partial charge in [0.25, 0.3) is 0 Å². The molecule has 0 bridgehead atoms. The summed E-state index contributed by atoms with van der Waals surface area (Å²) < 4.78 is 37.0. The molecule has 3 rings (SSSR count). The lowest BCUT2D eigenvalue weighted by Gasteiger charge is -2.14. The fourth-order valence-corrected chi connectivity index (χ4v) is 3.79. The maximum absolute atomic E-state index is 13.7. The van der Waals surface area contributed by atoms with Gasteiger partial charge in [-0.1, -0.05) is 24.3 Å². The molecule has 3 N–H and O–H groups in total. The van der Waals surface area contributed by atoms with Gasteiger partial charge < -0.3 is 10.6 Å². The Kier molecular flexibility index (Phi) is 6.78. The Hall–Kier alpha value is -3.27. The molecule has 30 heavy (non-hydrogen) atoms. The highest BCUT2D eigenvalue weighted by molar-refractivity contribution is 7.89. The Labute approximate surface area is 174 Å². The first-order valence-electron chi connectivity index (χ1n) is 9.18. The second-order valence-corrected chi connectivity index (χ2v) is 8.94. The van der Waals surface area contributed by atoms with Crippen molar-refractivity contribution in [3.8, 4) is 11.4 Å². The Morgan fingerprint density at radius 3 is 2.63 bits per heavy atom. The quantitative estimate of drug-likeness (QED) is 0.391. The van der Waals surface area contributed by atoms with E-state index in [4.69, 9.17) is 0 Å². The van der Waals surface area contributed by atoms with Crippen LogP contribution in [0.25, 0.3) is 11.4 Å². The summed E-state index contributed by atoms with van der Waals surface area (Å²) in [6.45, 7) is 0.737. The van der Waals surface area contributed by atoms with Gasteiger partial charge in [0, 0.05) is 32.0 Å². The molecule has 0 fully saturated rings. The summed E-state index contributed by atoms with van der Waals surface area (Å²) in [5, 5.41) is 13.0. The molecule has 0 aliphatic rings. The van der Waals surface area contributed by atoms with E-state index < -0.39 is 15.7 Å². The molecule has 0 saturated carbocycles. The minimum atomic E-state index is -3.23. The topological polar surface area (TPSA) is 112 Å². The Morgan fingerprint density at radius 2 is 1.93 bits per heavy atom. The smallest absolute Gasteiger partial charge is 0.191 e. The SMILES string of the molecule is CN=C(NCc1cccc(-c2ncn[nH]2)c1)NCc1cc(F)ccc1CS(C)(=O)=O. The van der Waals surface area contributed by atoms with E-state index in [-0.39, 0.29) is 12.3 Å². The number of guanidine groups is 1. The number of benzene rings is 2. The zero-order chi connectivity index (χ0) is 21.6. The summed E-state index contributed by atoms with van der Waals surface area (Å²) in [5.74, 6) is 0.625. The lowest BCUT2D eigenvalue weighted by atomic mass is 10.1. The van der Waals surface area contributed by atoms with Crippen LogP contribution in [0.5, 0.6) is 0 Å². The maximum atomic E-state index is 13.7. The fourth-order valence-electron chi connectivity index (χ4n) is 2.94. The largest absolute Gasteiger partial charge is 0.352 e. The van der Waals surface area contributed by atoms with E-state index in [0.717, 1.165) is 17.4 Å². The molecule has 0 aliphatic heterocycles. The Morgan fingerprint density at radius 1 is 1.13 bits per heavy atom. The van der Waals surface area contributed by atoms with Crippen LogP contribution < -0.4 is 10.6 Å². The molecule has 1 aromatic heterocycles. The zero-order valence-corrected chi connectivity index (χ0v) is 17.5. The number of nitrogens with zero attached hydrogens (tertiary/aromatic N) is 3. The molecule has 0 spiro atoms. The van der Waals surface area contributed by atoms with Gasteiger partial charge in [-0.2, -0.15) is 5.10 Å². The van der Waals surface area contributed by atoms with Crippen molar-refractivity contribution in [2.24, 2.45) is 4.99 Å². The molecule has 3 aromatic rings. The van der Waals surface area contributed by atoms with Crippen molar-refractivity contribution in [3.05, 3.63) is 71.3 Å². The van der Waals surface area contributed by atoms with Gasteiger partial charge in [-0.3, -0.25) is 10.1 Å². The standard InChI is InChI=1S/C20H23FN6O2S/c1-22-20(23-10-14-4-3-5-15(8-14)19-25-13-26-27-19)24-11-17-9-18(21)7-6-16(17)12-30(2,28)29/h3-9,13H,10-12H2,1-2H3,(H2,22,23,24)(H,25,26,27). The van der Waals surface area contributed by atoms with Gasteiger partial charge in [0.15, 0.2) is 21.6 Å². The molecule has 0 aliphatic carbocycles. The monoisotopic (exact) mass is 430 g/mol. The Bertz CT molecular complexity index is 1130. The molecular formula is C20H23FN6O2S. The molecule has 0 unspecified atom stereocenters. The van der Waals surface area contributed by atoms with Crippen LogP contribution in [0.4, 0.5) is 4.39 Å². The van der Waals surface area contributed by atoms with Gasteiger partial charge in [0.1, 0.15) is 12.1 Å². The number of aromatic amines is 1. The molecular weight excluding hydrogens is 407 g/mol. The van der Waals surface area contributed by atoms with E-state index in [1.54, 1.807) is 7.05 Å². The van der Waals surface area contributed by atoms with Crippen molar-refractivity contribution in [1.82, 2.24) is 25.8 Å². The number of aromatic nitrogens is 3. The number of aliphatic imine (C=N–C) groups is 1. The first-order chi connectivity index (χ1) is 14.3. The highest BCUT2D eigenvalue weighted by Gasteiger charge is 2.11. The van der Waals surface area contributed by atoms with E-state index in [1.165, 1.54) is 24.5 Å². The second kappa shape index (κ2) is 9.49. The van der Waals surface area contributed by atoms with E-state index in [9.17, 15) is 12.8 Å². The summed E-state index contributed by atoms with van der Waals surface area (Å²) in [6.07, 6.45) is 2.61. The number of halogens is 1. The van der Waals surface area contributed by atoms with E-state index in [0.29, 0.717) is 29.5 Å². The van der Waals surface area contributed by atoms with Crippen LogP contribution >= 0.6 is 0 Å². The number of hydrogen-bond acceptors (Lipinski definition) is 5. The van der Waals surface area contributed by atoms with Gasteiger partial charge in [0.2, 0.25) is 0 Å². The maximum Gasteiger partial charge on any atom is 0.191 e. The summed E-state index contributed by atoms with van der Waals surface area (Å²) in [7, 11) is -1.61. The predicted molar refractivity (Wildman–Crippen MR) is 114 cm³/mol. The van der Waals surface area contributed by atoms with E-state index >= 15 is 0 Å². The van der Waals surface area contributed by atoms with Crippen molar-refractivity contribution in [3.63, 3.8) is 0 Å². The molecule has 0 amide bonds. The van der Waals surface area contributed by atoms with Crippen LogP contribution in [0, 0.1) is 5.82 Å². The summed E-state index contributed by atoms with van der Waals surface area (Å²) in [4.78, 5) is 8.32. The first-order valence-corrected chi connectivity index (χ1v) is 11.2. The summed E-state index contributed by atoms with van der Waals surface area (Å²) in [6, 6.07) is 11.9. The zero-order valence-electron chi connectivity index (χ0n) is 16.7. The Balaban J connectivity index is 1.64. The highest BCUT2D eigenvalue weighted by atomic mass is 32.2. The molecule has 2 aromatic carbocycles. The number of hydrogen-bond donors (Lipinski definition) is 3. The molecule has 0 saturated heterocycles. The number of rotatable bonds is 7. The summed E-state index contributed by atoms with van der Waals surface area (Å²) >= 11 is 0. The lowest BCUT2D eigenvalue weighted by molar-refractivity contribution is 0.599.